The van der Waals surface area contributed by atoms with Gasteiger partial charge < -0.3 is 5.32 Å². The number of carbonyl (C=O) groups is 1. The van der Waals surface area contributed by atoms with Gasteiger partial charge in [-0.2, -0.15) is 12.6 Å². The summed E-state index contributed by atoms with van der Waals surface area (Å²) in [6, 6.07) is 0. The van der Waals surface area contributed by atoms with Crippen LogP contribution in [0.2, 0.25) is 0 Å². The second-order valence-electron chi connectivity index (χ2n) is 4.65. The van der Waals surface area contributed by atoms with Gasteiger partial charge in [0.2, 0.25) is 5.91 Å². The van der Waals surface area contributed by atoms with E-state index in [1.165, 1.54) is 44.9 Å². The molecular formula is C14H29NOS. The van der Waals surface area contributed by atoms with Crippen molar-refractivity contribution in [2.45, 2.75) is 71.1 Å². The van der Waals surface area contributed by atoms with Gasteiger partial charge in [0.05, 0.1) is 0 Å². The van der Waals surface area contributed by atoms with Crippen LogP contribution in [-0.4, -0.2) is 18.2 Å². The Bertz CT molecular complexity index is 174. The Labute approximate surface area is 112 Å². The summed E-state index contributed by atoms with van der Waals surface area (Å²) in [7, 11) is 0. The topological polar surface area (TPSA) is 29.1 Å². The predicted molar refractivity (Wildman–Crippen MR) is 78.7 cm³/mol. The van der Waals surface area contributed by atoms with Crippen molar-refractivity contribution in [3.63, 3.8) is 0 Å². The molecule has 17 heavy (non-hydrogen) atoms. The average Bonchev–Trinajstić information content (AvgIpc) is 2.34. The number of rotatable bonds is 12. The Morgan fingerprint density at radius 3 is 2.12 bits per heavy atom. The average molecular weight is 259 g/mol. The third-order valence-electron chi connectivity index (χ3n) is 2.91. The van der Waals surface area contributed by atoms with Crippen LogP contribution < -0.4 is 5.32 Å². The fourth-order valence-electron chi connectivity index (χ4n) is 1.81. The monoisotopic (exact) mass is 259 g/mol. The van der Waals surface area contributed by atoms with Crippen molar-refractivity contribution in [3.05, 3.63) is 0 Å². The summed E-state index contributed by atoms with van der Waals surface area (Å²) in [4.78, 5) is 11.3. The first-order valence-corrected chi connectivity index (χ1v) is 7.82. The van der Waals surface area contributed by atoms with E-state index in [2.05, 4.69) is 24.9 Å². The maximum atomic E-state index is 11.3. The van der Waals surface area contributed by atoms with Gasteiger partial charge >= 0.3 is 0 Å². The van der Waals surface area contributed by atoms with Crippen molar-refractivity contribution < 1.29 is 4.79 Å². The fraction of sp³-hybridized carbons (Fsp3) is 0.929. The normalized spacial score (nSPS) is 10.5. The summed E-state index contributed by atoms with van der Waals surface area (Å²) in [6.45, 7) is 3.09. The second kappa shape index (κ2) is 13.9. The first kappa shape index (κ1) is 16.8. The molecule has 0 spiro atoms. The summed E-state index contributed by atoms with van der Waals surface area (Å²) in [6.07, 6.45) is 12.0. The minimum atomic E-state index is 0.182. The lowest BCUT2D eigenvalue weighted by atomic mass is 10.1. The van der Waals surface area contributed by atoms with E-state index in [-0.39, 0.29) is 5.91 Å². The van der Waals surface area contributed by atoms with E-state index in [1.807, 2.05) is 0 Å². The molecule has 3 heteroatoms. The number of hydrogen-bond acceptors (Lipinski definition) is 2. The maximum Gasteiger partial charge on any atom is 0.220 e. The van der Waals surface area contributed by atoms with Crippen LogP contribution >= 0.6 is 12.6 Å². The number of nitrogens with one attached hydrogen (secondary N) is 1. The summed E-state index contributed by atoms with van der Waals surface area (Å²) in [5.41, 5.74) is 0. The lowest BCUT2D eigenvalue weighted by molar-refractivity contribution is -0.121. The summed E-state index contributed by atoms with van der Waals surface area (Å²) in [5, 5.41) is 2.96. The van der Waals surface area contributed by atoms with Gasteiger partial charge in [-0.05, 0) is 18.6 Å². The molecule has 0 aliphatic heterocycles. The van der Waals surface area contributed by atoms with E-state index in [4.69, 9.17) is 0 Å². The van der Waals surface area contributed by atoms with E-state index in [0.717, 1.165) is 25.1 Å². The van der Waals surface area contributed by atoms with Crippen molar-refractivity contribution in [3.8, 4) is 0 Å². The van der Waals surface area contributed by atoms with Crippen LogP contribution in [0.1, 0.15) is 71.1 Å². The van der Waals surface area contributed by atoms with Crippen molar-refractivity contribution in [2.24, 2.45) is 0 Å². The molecule has 0 aromatic heterocycles. The minimum absolute atomic E-state index is 0.182. The summed E-state index contributed by atoms with van der Waals surface area (Å²) < 4.78 is 0. The van der Waals surface area contributed by atoms with Crippen molar-refractivity contribution in [1.82, 2.24) is 5.32 Å². The van der Waals surface area contributed by atoms with Crippen LogP contribution in [0.4, 0.5) is 0 Å². The molecule has 0 aromatic carbocycles. The van der Waals surface area contributed by atoms with Gasteiger partial charge in [-0.1, -0.05) is 51.9 Å². The zero-order valence-corrected chi connectivity index (χ0v) is 12.2. The van der Waals surface area contributed by atoms with Gasteiger partial charge in [0.25, 0.3) is 0 Å². The summed E-state index contributed by atoms with van der Waals surface area (Å²) in [5.74, 6) is 0.979. The van der Waals surface area contributed by atoms with Gasteiger partial charge in [-0.15, -0.1) is 0 Å². The molecule has 0 fully saturated rings. The van der Waals surface area contributed by atoms with Gasteiger partial charge in [-0.25, -0.2) is 0 Å². The molecule has 1 amide bonds. The largest absolute Gasteiger partial charge is 0.356 e. The van der Waals surface area contributed by atoms with Crippen LogP contribution in [0.15, 0.2) is 0 Å². The highest BCUT2D eigenvalue weighted by Crippen LogP contribution is 2.07. The van der Waals surface area contributed by atoms with Gasteiger partial charge in [0, 0.05) is 13.0 Å². The molecule has 0 heterocycles. The third-order valence-corrected chi connectivity index (χ3v) is 3.23. The van der Waals surface area contributed by atoms with Gasteiger partial charge in [0.15, 0.2) is 0 Å². The first-order chi connectivity index (χ1) is 8.31. The second-order valence-corrected chi connectivity index (χ2v) is 5.10. The molecule has 0 atom stereocenters. The van der Waals surface area contributed by atoms with Crippen LogP contribution in [-0.2, 0) is 4.79 Å². The number of hydrogen-bond donors (Lipinski definition) is 2. The van der Waals surface area contributed by atoms with E-state index in [0.29, 0.717) is 6.42 Å². The highest BCUT2D eigenvalue weighted by Gasteiger charge is 1.98. The van der Waals surface area contributed by atoms with Crippen molar-refractivity contribution in [2.75, 3.05) is 12.3 Å². The fourth-order valence-corrected chi connectivity index (χ4v) is 1.97. The molecule has 2 nitrogen and oxygen atoms in total. The van der Waals surface area contributed by atoms with E-state index >= 15 is 0 Å². The molecule has 0 bridgehead atoms. The third kappa shape index (κ3) is 13.8. The molecule has 0 unspecified atom stereocenters. The molecule has 0 radical (unpaired) electrons. The van der Waals surface area contributed by atoms with Crippen LogP contribution in [0.5, 0.6) is 0 Å². The molecule has 0 saturated carbocycles. The Balaban J connectivity index is 3.05. The smallest absolute Gasteiger partial charge is 0.220 e. The molecule has 0 saturated heterocycles. The Morgan fingerprint density at radius 2 is 1.53 bits per heavy atom. The Hall–Kier alpha value is -0.180. The van der Waals surface area contributed by atoms with Gasteiger partial charge in [0.1, 0.15) is 0 Å². The molecule has 0 aliphatic rings. The highest BCUT2D eigenvalue weighted by molar-refractivity contribution is 7.80. The zero-order valence-electron chi connectivity index (χ0n) is 11.3. The maximum absolute atomic E-state index is 11.3. The number of thiol groups is 1. The molecule has 102 valence electrons. The first-order valence-electron chi connectivity index (χ1n) is 7.18. The van der Waals surface area contributed by atoms with Crippen molar-refractivity contribution >= 4 is 18.5 Å². The number of carbonyl (C=O) groups excluding carboxylic acids is 1. The molecule has 0 aliphatic carbocycles. The molecular weight excluding hydrogens is 230 g/mol. The lowest BCUT2D eigenvalue weighted by Gasteiger charge is -2.04. The van der Waals surface area contributed by atoms with E-state index < -0.39 is 0 Å². The SMILES string of the molecule is CCCCCCCCCCNC(=O)CCCS. The van der Waals surface area contributed by atoms with Crippen LogP contribution in [0.3, 0.4) is 0 Å². The molecule has 1 N–H and O–H groups in total. The highest BCUT2D eigenvalue weighted by atomic mass is 32.1. The van der Waals surface area contributed by atoms with E-state index in [9.17, 15) is 4.79 Å². The van der Waals surface area contributed by atoms with E-state index in [1.54, 1.807) is 0 Å². The number of unbranched alkanes of at least 4 members (excludes halogenated alkanes) is 7. The zero-order chi connectivity index (χ0) is 12.8. The van der Waals surface area contributed by atoms with Gasteiger partial charge in [-0.3, -0.25) is 4.79 Å². The molecule has 0 aromatic rings. The van der Waals surface area contributed by atoms with Crippen molar-refractivity contribution in [1.29, 1.82) is 0 Å². The summed E-state index contributed by atoms with van der Waals surface area (Å²) >= 11 is 4.09. The lowest BCUT2D eigenvalue weighted by Crippen LogP contribution is -2.24. The standard InChI is InChI=1S/C14H29NOS/c1-2-3-4-5-6-7-8-9-12-15-14(16)11-10-13-17/h17H,2-13H2,1H3,(H,15,16). The quantitative estimate of drug-likeness (QED) is 0.403. The Morgan fingerprint density at radius 1 is 0.941 bits per heavy atom. The number of amides is 1. The Kier molecular flexibility index (Phi) is 13.7. The molecule has 0 rings (SSSR count). The predicted octanol–water partition coefficient (Wildman–Crippen LogP) is 3.95. The van der Waals surface area contributed by atoms with Crippen LogP contribution in [0, 0.1) is 0 Å². The van der Waals surface area contributed by atoms with Crippen LogP contribution in [0.25, 0.3) is 0 Å². The minimum Gasteiger partial charge on any atom is -0.356 e.